The molecule has 1 amide bonds. The van der Waals surface area contributed by atoms with E-state index in [0.717, 1.165) is 37.4 Å². The molecule has 1 aliphatic heterocycles. The van der Waals surface area contributed by atoms with Gasteiger partial charge in [-0.15, -0.1) is 0 Å². The molecule has 6 heteroatoms. The molecule has 3 aromatic rings. The first-order chi connectivity index (χ1) is 15.5. The number of amides is 1. The summed E-state index contributed by atoms with van der Waals surface area (Å²) in [6.07, 6.45) is 1.57. The minimum atomic E-state index is -0.124. The standard InChI is InChI=1S/C26H27N5O/c1-19-17-31(14-13-28-19)18-20-7-10-23(11-8-20)30(2)26(32)22-9-12-25(29-16-22)24-6-4-3-5-21(24)15-27/h3-12,16,19,28H,13-14,17-18H2,1-2H3/t19-/m0/s1. The number of hydrogen-bond donors (Lipinski definition) is 1. The molecule has 4 rings (SSSR count). The molecular formula is C26H27N5O. The Balaban J connectivity index is 1.43. The van der Waals surface area contributed by atoms with Gasteiger partial charge in [0.2, 0.25) is 0 Å². The lowest BCUT2D eigenvalue weighted by Gasteiger charge is -2.31. The first kappa shape index (κ1) is 21.7. The molecule has 0 radical (unpaired) electrons. The van der Waals surface area contributed by atoms with E-state index >= 15 is 0 Å². The van der Waals surface area contributed by atoms with Crippen molar-refractivity contribution in [3.05, 3.63) is 83.6 Å². The van der Waals surface area contributed by atoms with Crippen LogP contribution in [0.2, 0.25) is 0 Å². The van der Waals surface area contributed by atoms with Gasteiger partial charge in [-0.25, -0.2) is 0 Å². The Kier molecular flexibility index (Phi) is 6.60. The zero-order valence-corrected chi connectivity index (χ0v) is 18.5. The van der Waals surface area contributed by atoms with Gasteiger partial charge in [0, 0.05) is 56.7 Å². The number of benzene rings is 2. The summed E-state index contributed by atoms with van der Waals surface area (Å²) in [5.41, 5.74) is 4.58. The van der Waals surface area contributed by atoms with Crippen LogP contribution in [0.3, 0.4) is 0 Å². The number of piperazine rings is 1. The normalized spacial score (nSPS) is 16.3. The second-order valence-electron chi connectivity index (χ2n) is 8.21. The highest BCUT2D eigenvalue weighted by atomic mass is 16.2. The Morgan fingerprint density at radius 1 is 1.19 bits per heavy atom. The van der Waals surface area contributed by atoms with Crippen LogP contribution >= 0.6 is 0 Å². The van der Waals surface area contributed by atoms with E-state index in [-0.39, 0.29) is 5.91 Å². The van der Waals surface area contributed by atoms with Gasteiger partial charge in [-0.05, 0) is 42.8 Å². The Morgan fingerprint density at radius 3 is 2.66 bits per heavy atom. The Bertz CT molecular complexity index is 1120. The van der Waals surface area contributed by atoms with E-state index < -0.39 is 0 Å². The van der Waals surface area contributed by atoms with Crippen LogP contribution in [0.4, 0.5) is 5.69 Å². The van der Waals surface area contributed by atoms with Crippen LogP contribution in [0.1, 0.15) is 28.4 Å². The lowest BCUT2D eigenvalue weighted by atomic mass is 10.0. The highest BCUT2D eigenvalue weighted by molar-refractivity contribution is 6.05. The number of carbonyl (C=O) groups excluding carboxylic acids is 1. The van der Waals surface area contributed by atoms with E-state index in [4.69, 9.17) is 0 Å². The van der Waals surface area contributed by atoms with Crippen LogP contribution in [0, 0.1) is 11.3 Å². The van der Waals surface area contributed by atoms with E-state index in [1.807, 2.05) is 30.3 Å². The van der Waals surface area contributed by atoms with E-state index in [1.165, 1.54) is 5.56 Å². The van der Waals surface area contributed by atoms with Crippen LogP contribution in [0.25, 0.3) is 11.3 Å². The SMILES string of the molecule is C[C@H]1CN(Cc2ccc(N(C)C(=O)c3ccc(-c4ccccc4C#N)nc3)cc2)CCN1. The molecule has 6 nitrogen and oxygen atoms in total. The van der Waals surface area contributed by atoms with Crippen LogP contribution in [0.5, 0.6) is 0 Å². The molecule has 1 atom stereocenters. The number of carbonyl (C=O) groups is 1. The minimum absolute atomic E-state index is 0.124. The summed E-state index contributed by atoms with van der Waals surface area (Å²) in [4.78, 5) is 21.5. The Labute approximate surface area is 189 Å². The average Bonchev–Trinajstić information content (AvgIpc) is 2.84. The predicted molar refractivity (Wildman–Crippen MR) is 126 cm³/mol. The van der Waals surface area contributed by atoms with Gasteiger partial charge < -0.3 is 10.2 Å². The van der Waals surface area contributed by atoms with Crippen molar-refractivity contribution < 1.29 is 4.79 Å². The summed E-state index contributed by atoms with van der Waals surface area (Å²) in [6.45, 7) is 6.23. The molecule has 0 aliphatic carbocycles. The zero-order chi connectivity index (χ0) is 22.5. The average molecular weight is 426 g/mol. The quantitative estimate of drug-likeness (QED) is 0.675. The molecule has 1 N–H and O–H groups in total. The number of aromatic nitrogens is 1. The van der Waals surface area contributed by atoms with Gasteiger partial charge in [0.1, 0.15) is 0 Å². The summed E-state index contributed by atoms with van der Waals surface area (Å²) >= 11 is 0. The Hall–Kier alpha value is -3.53. The monoisotopic (exact) mass is 425 g/mol. The van der Waals surface area contributed by atoms with Crippen LogP contribution in [0.15, 0.2) is 66.9 Å². The number of hydrogen-bond acceptors (Lipinski definition) is 5. The minimum Gasteiger partial charge on any atom is -0.312 e. The third-order valence-corrected chi connectivity index (χ3v) is 5.82. The highest BCUT2D eigenvalue weighted by Gasteiger charge is 2.17. The van der Waals surface area contributed by atoms with Gasteiger partial charge >= 0.3 is 0 Å². The number of rotatable bonds is 5. The van der Waals surface area contributed by atoms with E-state index in [9.17, 15) is 10.1 Å². The predicted octanol–water partition coefficient (Wildman–Crippen LogP) is 3.69. The number of anilines is 1. The van der Waals surface area contributed by atoms with Gasteiger partial charge in [-0.1, -0.05) is 30.3 Å². The van der Waals surface area contributed by atoms with E-state index in [0.29, 0.717) is 22.9 Å². The topological polar surface area (TPSA) is 72.3 Å². The maximum atomic E-state index is 13.0. The van der Waals surface area contributed by atoms with Gasteiger partial charge in [-0.3, -0.25) is 14.7 Å². The van der Waals surface area contributed by atoms with Crippen molar-refractivity contribution >= 4 is 11.6 Å². The molecular weight excluding hydrogens is 398 g/mol. The molecule has 1 saturated heterocycles. The van der Waals surface area contributed by atoms with Gasteiger partial charge in [0.25, 0.3) is 5.91 Å². The molecule has 0 unspecified atom stereocenters. The number of pyridine rings is 1. The Morgan fingerprint density at radius 2 is 1.97 bits per heavy atom. The molecule has 32 heavy (non-hydrogen) atoms. The van der Waals surface area contributed by atoms with Gasteiger partial charge in [0.05, 0.1) is 22.9 Å². The number of nitrogens with zero attached hydrogens (tertiary/aromatic N) is 4. The third-order valence-electron chi connectivity index (χ3n) is 5.82. The van der Waals surface area contributed by atoms with E-state index in [2.05, 4.69) is 40.3 Å². The van der Waals surface area contributed by atoms with Crippen molar-refractivity contribution in [3.8, 4) is 17.3 Å². The number of nitriles is 1. The molecule has 162 valence electrons. The molecule has 0 bridgehead atoms. The fourth-order valence-electron chi connectivity index (χ4n) is 4.03. The van der Waals surface area contributed by atoms with Crippen molar-refractivity contribution in [2.75, 3.05) is 31.6 Å². The fraction of sp³-hybridized carbons (Fsp3) is 0.269. The summed E-state index contributed by atoms with van der Waals surface area (Å²) in [5.74, 6) is -0.124. The lowest BCUT2D eigenvalue weighted by Crippen LogP contribution is -2.48. The zero-order valence-electron chi connectivity index (χ0n) is 18.5. The first-order valence-electron chi connectivity index (χ1n) is 10.8. The van der Waals surface area contributed by atoms with Crippen molar-refractivity contribution in [3.63, 3.8) is 0 Å². The second kappa shape index (κ2) is 9.73. The van der Waals surface area contributed by atoms with Crippen molar-refractivity contribution in [1.29, 1.82) is 5.26 Å². The van der Waals surface area contributed by atoms with Gasteiger partial charge in [-0.2, -0.15) is 5.26 Å². The smallest absolute Gasteiger partial charge is 0.259 e. The molecule has 0 saturated carbocycles. The molecule has 0 spiro atoms. The summed E-state index contributed by atoms with van der Waals surface area (Å²) < 4.78 is 0. The van der Waals surface area contributed by atoms with Crippen molar-refractivity contribution in [2.24, 2.45) is 0 Å². The largest absolute Gasteiger partial charge is 0.312 e. The van der Waals surface area contributed by atoms with Gasteiger partial charge in [0.15, 0.2) is 0 Å². The maximum absolute atomic E-state index is 13.0. The summed E-state index contributed by atoms with van der Waals surface area (Å²) in [5, 5.41) is 12.8. The fourth-order valence-corrected chi connectivity index (χ4v) is 4.03. The molecule has 1 aromatic heterocycles. The molecule has 2 heterocycles. The lowest BCUT2D eigenvalue weighted by molar-refractivity contribution is 0.0992. The molecule has 1 aliphatic rings. The molecule has 1 fully saturated rings. The second-order valence-corrected chi connectivity index (χ2v) is 8.21. The summed E-state index contributed by atoms with van der Waals surface area (Å²) in [6, 6.07) is 21.7. The van der Waals surface area contributed by atoms with Crippen LogP contribution < -0.4 is 10.2 Å². The summed E-state index contributed by atoms with van der Waals surface area (Å²) in [7, 11) is 1.77. The first-order valence-corrected chi connectivity index (χ1v) is 10.8. The highest BCUT2D eigenvalue weighted by Crippen LogP contribution is 2.22. The van der Waals surface area contributed by atoms with Crippen LogP contribution in [-0.4, -0.2) is 48.5 Å². The third kappa shape index (κ3) is 4.86. The van der Waals surface area contributed by atoms with Crippen LogP contribution in [-0.2, 0) is 6.54 Å². The maximum Gasteiger partial charge on any atom is 0.259 e. The van der Waals surface area contributed by atoms with E-state index in [1.54, 1.807) is 36.3 Å². The van der Waals surface area contributed by atoms with Crippen molar-refractivity contribution in [2.45, 2.75) is 19.5 Å². The molecule has 2 aromatic carbocycles. The number of nitrogens with one attached hydrogen (secondary N) is 1. The van der Waals surface area contributed by atoms with Crippen molar-refractivity contribution in [1.82, 2.24) is 15.2 Å².